The van der Waals surface area contributed by atoms with Crippen LogP contribution in [0.1, 0.15) is 59.8 Å². The fourth-order valence-electron chi connectivity index (χ4n) is 2.62. The number of hydrogen-bond donors (Lipinski definition) is 3. The van der Waals surface area contributed by atoms with E-state index in [1.165, 1.54) is 0 Å². The highest BCUT2D eigenvalue weighted by Crippen LogP contribution is 2.34. The molecule has 0 aromatic rings. The summed E-state index contributed by atoms with van der Waals surface area (Å²) in [5.41, 5.74) is 0.357. The van der Waals surface area contributed by atoms with Crippen LogP contribution in [-0.4, -0.2) is 29.2 Å². The van der Waals surface area contributed by atoms with Crippen LogP contribution in [0.2, 0.25) is 0 Å². The Morgan fingerprint density at radius 2 is 1.80 bits per heavy atom. The maximum atomic E-state index is 11.9. The first-order chi connectivity index (χ1) is 9.19. The van der Waals surface area contributed by atoms with Gasteiger partial charge in [-0.25, -0.2) is 9.59 Å². The van der Waals surface area contributed by atoms with E-state index in [-0.39, 0.29) is 18.0 Å². The molecule has 0 aromatic carbocycles. The first-order valence-corrected chi connectivity index (χ1v) is 7.49. The monoisotopic (exact) mass is 284 g/mol. The van der Waals surface area contributed by atoms with Crippen LogP contribution in [0.4, 0.5) is 4.79 Å². The summed E-state index contributed by atoms with van der Waals surface area (Å²) < 4.78 is 0. The Morgan fingerprint density at radius 1 is 1.25 bits per heavy atom. The van der Waals surface area contributed by atoms with Crippen LogP contribution in [0.25, 0.3) is 0 Å². The molecule has 0 spiro atoms. The highest BCUT2D eigenvalue weighted by Gasteiger charge is 2.28. The summed E-state index contributed by atoms with van der Waals surface area (Å²) in [7, 11) is 0. The molecule has 1 saturated carbocycles. The van der Waals surface area contributed by atoms with Crippen LogP contribution >= 0.6 is 0 Å². The van der Waals surface area contributed by atoms with Gasteiger partial charge in [0.1, 0.15) is 6.04 Å². The van der Waals surface area contributed by atoms with Crippen molar-refractivity contribution in [2.75, 3.05) is 0 Å². The van der Waals surface area contributed by atoms with Crippen LogP contribution in [-0.2, 0) is 4.79 Å². The molecule has 0 saturated heterocycles. The summed E-state index contributed by atoms with van der Waals surface area (Å²) in [6, 6.07) is -1.01. The number of carboxylic acid groups (broad SMARTS) is 1. The first-order valence-electron chi connectivity index (χ1n) is 7.49. The summed E-state index contributed by atoms with van der Waals surface area (Å²) in [4.78, 5) is 23.0. The molecule has 0 unspecified atom stereocenters. The number of rotatable bonds is 5. The largest absolute Gasteiger partial charge is 0.480 e. The molecule has 0 bridgehead atoms. The number of carbonyl (C=O) groups is 2. The summed E-state index contributed by atoms with van der Waals surface area (Å²) >= 11 is 0. The molecular formula is C15H28N2O3. The average Bonchev–Trinajstić information content (AvgIpc) is 2.30. The third kappa shape index (κ3) is 5.80. The van der Waals surface area contributed by atoms with Crippen molar-refractivity contribution in [3.8, 4) is 0 Å². The molecule has 2 amide bonds. The van der Waals surface area contributed by atoms with Crippen LogP contribution < -0.4 is 10.6 Å². The van der Waals surface area contributed by atoms with Crippen LogP contribution in [0, 0.1) is 11.3 Å². The van der Waals surface area contributed by atoms with E-state index in [2.05, 4.69) is 24.5 Å². The Morgan fingerprint density at radius 3 is 2.25 bits per heavy atom. The Bertz CT molecular complexity index is 343. The van der Waals surface area contributed by atoms with Gasteiger partial charge in [-0.05, 0) is 43.4 Å². The van der Waals surface area contributed by atoms with Gasteiger partial charge in [0.2, 0.25) is 0 Å². The van der Waals surface area contributed by atoms with E-state index in [9.17, 15) is 9.59 Å². The SMILES string of the molecule is CC(C)C[C@@H](NC(=O)NC1CCC(C)(C)CC1)C(=O)O. The molecule has 1 fully saturated rings. The second-order valence-electron chi connectivity index (χ2n) is 7.08. The van der Waals surface area contributed by atoms with Gasteiger partial charge in [-0.3, -0.25) is 0 Å². The number of amides is 2. The van der Waals surface area contributed by atoms with Crippen molar-refractivity contribution in [3.05, 3.63) is 0 Å². The van der Waals surface area contributed by atoms with Gasteiger partial charge in [0.15, 0.2) is 0 Å². The van der Waals surface area contributed by atoms with E-state index in [4.69, 9.17) is 5.11 Å². The predicted octanol–water partition coefficient (Wildman–Crippen LogP) is 2.75. The Hall–Kier alpha value is -1.26. The molecule has 5 heteroatoms. The molecular weight excluding hydrogens is 256 g/mol. The number of carboxylic acids is 1. The van der Waals surface area contributed by atoms with Gasteiger partial charge >= 0.3 is 12.0 Å². The van der Waals surface area contributed by atoms with Gasteiger partial charge in [-0.15, -0.1) is 0 Å². The van der Waals surface area contributed by atoms with Gasteiger partial charge in [0.25, 0.3) is 0 Å². The molecule has 20 heavy (non-hydrogen) atoms. The predicted molar refractivity (Wildman–Crippen MR) is 78.6 cm³/mol. The Labute approximate surface area is 121 Å². The number of urea groups is 1. The molecule has 0 heterocycles. The van der Waals surface area contributed by atoms with Crippen molar-refractivity contribution >= 4 is 12.0 Å². The van der Waals surface area contributed by atoms with E-state index >= 15 is 0 Å². The molecule has 0 radical (unpaired) electrons. The van der Waals surface area contributed by atoms with Crippen LogP contribution in [0.3, 0.4) is 0 Å². The number of nitrogens with one attached hydrogen (secondary N) is 2. The fraction of sp³-hybridized carbons (Fsp3) is 0.867. The third-order valence-electron chi connectivity index (χ3n) is 3.98. The summed E-state index contributed by atoms with van der Waals surface area (Å²) in [6.07, 6.45) is 4.55. The number of hydrogen-bond acceptors (Lipinski definition) is 2. The number of aliphatic carboxylic acids is 1. The Balaban J connectivity index is 2.40. The summed E-state index contributed by atoms with van der Waals surface area (Å²) in [5, 5.41) is 14.6. The van der Waals surface area contributed by atoms with Crippen molar-refractivity contribution in [2.45, 2.75) is 71.9 Å². The standard InChI is InChI=1S/C15H28N2O3/c1-10(2)9-12(13(18)19)17-14(20)16-11-5-7-15(3,4)8-6-11/h10-12H,5-9H2,1-4H3,(H,18,19)(H2,16,17,20)/t12-/m1/s1. The van der Waals surface area contributed by atoms with Crippen LogP contribution in [0.15, 0.2) is 0 Å². The van der Waals surface area contributed by atoms with E-state index in [1.54, 1.807) is 0 Å². The van der Waals surface area contributed by atoms with E-state index in [0.29, 0.717) is 11.8 Å². The summed E-state index contributed by atoms with van der Waals surface area (Å²) in [6.45, 7) is 8.37. The highest BCUT2D eigenvalue weighted by molar-refractivity contribution is 5.82. The van der Waals surface area contributed by atoms with E-state index in [0.717, 1.165) is 25.7 Å². The molecule has 1 rings (SSSR count). The maximum absolute atomic E-state index is 11.9. The zero-order valence-corrected chi connectivity index (χ0v) is 13.0. The number of carbonyl (C=O) groups excluding carboxylic acids is 1. The van der Waals surface area contributed by atoms with Crippen molar-refractivity contribution in [1.29, 1.82) is 0 Å². The molecule has 0 aliphatic heterocycles. The second kappa shape index (κ2) is 6.95. The molecule has 1 atom stereocenters. The van der Waals surface area contributed by atoms with Gasteiger partial charge in [-0.1, -0.05) is 27.7 Å². The van der Waals surface area contributed by atoms with Gasteiger partial charge < -0.3 is 15.7 Å². The minimum absolute atomic E-state index is 0.163. The van der Waals surface area contributed by atoms with Crippen LogP contribution in [0.5, 0.6) is 0 Å². The zero-order chi connectivity index (χ0) is 15.3. The normalized spacial score (nSPS) is 20.4. The molecule has 3 N–H and O–H groups in total. The molecule has 116 valence electrons. The summed E-state index contributed by atoms with van der Waals surface area (Å²) in [5.74, 6) is -0.745. The molecule has 1 aliphatic rings. The van der Waals surface area contributed by atoms with Crippen molar-refractivity contribution in [3.63, 3.8) is 0 Å². The van der Waals surface area contributed by atoms with Gasteiger partial charge in [0, 0.05) is 6.04 Å². The molecule has 0 aromatic heterocycles. The maximum Gasteiger partial charge on any atom is 0.326 e. The van der Waals surface area contributed by atoms with Gasteiger partial charge in [0.05, 0.1) is 0 Å². The Kier molecular flexibility index (Phi) is 5.84. The second-order valence-corrected chi connectivity index (χ2v) is 7.08. The smallest absolute Gasteiger partial charge is 0.326 e. The lowest BCUT2D eigenvalue weighted by atomic mass is 9.76. The average molecular weight is 284 g/mol. The fourth-order valence-corrected chi connectivity index (χ4v) is 2.62. The van der Waals surface area contributed by atoms with E-state index in [1.807, 2.05) is 13.8 Å². The van der Waals surface area contributed by atoms with E-state index < -0.39 is 12.0 Å². The minimum Gasteiger partial charge on any atom is -0.480 e. The lowest BCUT2D eigenvalue weighted by molar-refractivity contribution is -0.139. The zero-order valence-electron chi connectivity index (χ0n) is 13.0. The first kappa shape index (κ1) is 16.8. The molecule has 1 aliphatic carbocycles. The lowest BCUT2D eigenvalue weighted by Gasteiger charge is -2.34. The van der Waals surface area contributed by atoms with Crippen molar-refractivity contribution in [1.82, 2.24) is 10.6 Å². The van der Waals surface area contributed by atoms with Gasteiger partial charge in [-0.2, -0.15) is 0 Å². The quantitative estimate of drug-likeness (QED) is 0.726. The molecule has 5 nitrogen and oxygen atoms in total. The third-order valence-corrected chi connectivity index (χ3v) is 3.98. The van der Waals surface area contributed by atoms with Crippen molar-refractivity contribution < 1.29 is 14.7 Å². The lowest BCUT2D eigenvalue weighted by Crippen LogP contribution is -2.50. The highest BCUT2D eigenvalue weighted by atomic mass is 16.4. The minimum atomic E-state index is -0.973. The van der Waals surface area contributed by atoms with Crippen molar-refractivity contribution in [2.24, 2.45) is 11.3 Å². The topological polar surface area (TPSA) is 78.4 Å².